The van der Waals surface area contributed by atoms with E-state index in [1.807, 2.05) is 20.8 Å². The molecule has 0 rings (SSSR count). The molecular formula is C16H26F3N3O6. The predicted molar refractivity (Wildman–Crippen MR) is 92.9 cm³/mol. The number of alkyl halides is 3. The number of carboxylic acid groups (broad SMARTS) is 1. The zero-order valence-corrected chi connectivity index (χ0v) is 16.1. The molecule has 28 heavy (non-hydrogen) atoms. The van der Waals surface area contributed by atoms with Crippen LogP contribution in [-0.4, -0.2) is 60.8 Å². The fraction of sp³-hybridized carbons (Fsp3) is 0.625. The molecule has 0 aromatic heterocycles. The maximum absolute atomic E-state index is 11.9. The maximum atomic E-state index is 11.9. The number of carboxylic acids is 1. The van der Waals surface area contributed by atoms with Crippen LogP contribution in [0.4, 0.5) is 13.2 Å². The second-order valence-corrected chi connectivity index (χ2v) is 6.51. The van der Waals surface area contributed by atoms with Crippen molar-refractivity contribution in [2.24, 2.45) is 11.1 Å². The van der Waals surface area contributed by atoms with Crippen molar-refractivity contribution in [3.05, 3.63) is 12.7 Å². The van der Waals surface area contributed by atoms with Crippen LogP contribution < -0.4 is 16.4 Å². The highest BCUT2D eigenvalue weighted by atomic mass is 19.4. The molecule has 0 radical (unpaired) electrons. The van der Waals surface area contributed by atoms with Gasteiger partial charge in [-0.1, -0.05) is 33.4 Å². The summed E-state index contributed by atoms with van der Waals surface area (Å²) in [4.78, 5) is 44.1. The van der Waals surface area contributed by atoms with E-state index in [-0.39, 0.29) is 18.9 Å². The van der Waals surface area contributed by atoms with Crippen LogP contribution in [0.1, 0.15) is 27.2 Å². The highest BCUT2D eigenvalue weighted by Gasteiger charge is 2.38. The molecule has 0 aliphatic heterocycles. The highest BCUT2D eigenvalue weighted by molar-refractivity contribution is 5.90. The second kappa shape index (κ2) is 12.0. The van der Waals surface area contributed by atoms with Crippen molar-refractivity contribution in [3.8, 4) is 0 Å². The third-order valence-electron chi connectivity index (χ3n) is 2.97. The summed E-state index contributed by atoms with van der Waals surface area (Å²) in [5, 5.41) is 12.2. The van der Waals surface area contributed by atoms with Gasteiger partial charge in [0.15, 0.2) is 0 Å². The molecule has 0 aromatic carbocycles. The van der Waals surface area contributed by atoms with Gasteiger partial charge in [0.25, 0.3) is 0 Å². The van der Waals surface area contributed by atoms with E-state index in [9.17, 15) is 27.6 Å². The Morgan fingerprint density at radius 2 is 1.68 bits per heavy atom. The van der Waals surface area contributed by atoms with Gasteiger partial charge in [-0.15, -0.1) is 0 Å². The number of aliphatic carboxylic acids is 1. The fourth-order valence-corrected chi connectivity index (χ4v) is 1.57. The van der Waals surface area contributed by atoms with Gasteiger partial charge in [-0.3, -0.25) is 14.4 Å². The number of likely N-dealkylation sites (N-methyl/N-ethyl adjacent to an activating group) is 1. The number of nitrogens with two attached hydrogens (primary N) is 1. The standard InChI is InChI=1S/C14H25N3O4.C2HF3O2/c1-6-7-21-13(20)9(15)8-10(18)17-11(12(19)16-5)14(2,3)4;3-2(4,5)1(6)7/h6,9,11H,1,7-8,15H2,2-5H3,(H,16,19)(H,17,18);(H,6,7)/t9-,11-;/m1./s1. The molecule has 0 bridgehead atoms. The van der Waals surface area contributed by atoms with Crippen LogP contribution in [0.15, 0.2) is 12.7 Å². The summed E-state index contributed by atoms with van der Waals surface area (Å²) in [6.45, 7) is 8.92. The third-order valence-corrected chi connectivity index (χ3v) is 2.97. The molecule has 0 fully saturated rings. The van der Waals surface area contributed by atoms with Crippen LogP contribution in [0.3, 0.4) is 0 Å². The van der Waals surface area contributed by atoms with E-state index in [4.69, 9.17) is 20.4 Å². The van der Waals surface area contributed by atoms with Gasteiger partial charge < -0.3 is 26.2 Å². The molecule has 0 saturated carbocycles. The van der Waals surface area contributed by atoms with Crippen molar-refractivity contribution in [2.75, 3.05) is 13.7 Å². The van der Waals surface area contributed by atoms with Gasteiger partial charge in [0.2, 0.25) is 11.8 Å². The van der Waals surface area contributed by atoms with Crippen LogP contribution in [0.2, 0.25) is 0 Å². The highest BCUT2D eigenvalue weighted by Crippen LogP contribution is 2.19. The van der Waals surface area contributed by atoms with Crippen molar-refractivity contribution in [2.45, 2.75) is 45.5 Å². The molecular weight excluding hydrogens is 387 g/mol. The van der Waals surface area contributed by atoms with Crippen LogP contribution in [0, 0.1) is 5.41 Å². The summed E-state index contributed by atoms with van der Waals surface area (Å²) in [5.41, 5.74) is 5.11. The van der Waals surface area contributed by atoms with Gasteiger partial charge >= 0.3 is 18.1 Å². The van der Waals surface area contributed by atoms with Crippen LogP contribution >= 0.6 is 0 Å². The molecule has 5 N–H and O–H groups in total. The zero-order chi connectivity index (χ0) is 22.7. The largest absolute Gasteiger partial charge is 0.490 e. The number of carbonyl (C=O) groups excluding carboxylic acids is 3. The number of hydrogen-bond acceptors (Lipinski definition) is 6. The van der Waals surface area contributed by atoms with Crippen molar-refractivity contribution >= 4 is 23.8 Å². The number of hydrogen-bond donors (Lipinski definition) is 4. The van der Waals surface area contributed by atoms with Crippen molar-refractivity contribution in [1.82, 2.24) is 10.6 Å². The average Bonchev–Trinajstić information content (AvgIpc) is 2.55. The monoisotopic (exact) mass is 413 g/mol. The van der Waals surface area contributed by atoms with Gasteiger partial charge in [0.05, 0.1) is 6.42 Å². The minimum Gasteiger partial charge on any atom is -0.475 e. The number of rotatable bonds is 7. The van der Waals surface area contributed by atoms with Crippen LogP contribution in [0.5, 0.6) is 0 Å². The molecule has 162 valence electrons. The van der Waals surface area contributed by atoms with Crippen LogP contribution in [-0.2, 0) is 23.9 Å². The van der Waals surface area contributed by atoms with Gasteiger partial charge in [0, 0.05) is 7.05 Å². The summed E-state index contributed by atoms with van der Waals surface area (Å²) < 4.78 is 36.5. The predicted octanol–water partition coefficient (Wildman–Crippen LogP) is 0.343. The molecule has 0 heterocycles. The molecule has 0 unspecified atom stereocenters. The summed E-state index contributed by atoms with van der Waals surface area (Å²) in [5.74, 6) is -4.23. The van der Waals surface area contributed by atoms with E-state index < -0.39 is 41.5 Å². The van der Waals surface area contributed by atoms with Gasteiger partial charge in [-0.25, -0.2) is 4.79 Å². The van der Waals surface area contributed by atoms with E-state index in [1.54, 1.807) is 0 Å². The SMILES string of the molecule is C=CCOC(=O)[C@H](N)CC(=O)N[C@H](C(=O)NC)C(C)(C)C.O=C(O)C(F)(F)F. The lowest BCUT2D eigenvalue weighted by Crippen LogP contribution is -2.54. The quantitative estimate of drug-likeness (QED) is 0.347. The van der Waals surface area contributed by atoms with E-state index >= 15 is 0 Å². The Bertz CT molecular complexity index is 573. The first-order valence-electron chi connectivity index (χ1n) is 7.92. The van der Waals surface area contributed by atoms with E-state index in [2.05, 4.69) is 17.2 Å². The fourth-order valence-electron chi connectivity index (χ4n) is 1.57. The second-order valence-electron chi connectivity index (χ2n) is 6.51. The third kappa shape index (κ3) is 11.9. The van der Waals surface area contributed by atoms with Crippen LogP contribution in [0.25, 0.3) is 0 Å². The number of esters is 1. The zero-order valence-electron chi connectivity index (χ0n) is 16.1. The number of halogens is 3. The van der Waals surface area contributed by atoms with E-state index in [0.717, 1.165) is 0 Å². The molecule has 2 atom stereocenters. The minimum atomic E-state index is -5.08. The molecule has 0 aliphatic rings. The van der Waals surface area contributed by atoms with Gasteiger partial charge in [-0.2, -0.15) is 13.2 Å². The van der Waals surface area contributed by atoms with E-state index in [0.29, 0.717) is 0 Å². The first-order chi connectivity index (χ1) is 12.6. The number of carbonyl (C=O) groups is 4. The van der Waals surface area contributed by atoms with Crippen molar-refractivity contribution < 1.29 is 42.2 Å². The lowest BCUT2D eigenvalue weighted by molar-refractivity contribution is -0.192. The van der Waals surface area contributed by atoms with Gasteiger partial charge in [-0.05, 0) is 5.41 Å². The topological polar surface area (TPSA) is 148 Å². The number of nitrogens with one attached hydrogen (secondary N) is 2. The van der Waals surface area contributed by atoms with Crippen molar-refractivity contribution in [3.63, 3.8) is 0 Å². The average molecular weight is 413 g/mol. The Balaban J connectivity index is 0. The summed E-state index contributed by atoms with van der Waals surface area (Å²) in [6.07, 6.45) is -3.93. The minimum absolute atomic E-state index is 0.0387. The lowest BCUT2D eigenvalue weighted by atomic mass is 9.86. The molecule has 9 nitrogen and oxygen atoms in total. The molecule has 2 amide bonds. The summed E-state index contributed by atoms with van der Waals surface area (Å²) >= 11 is 0. The molecule has 0 spiro atoms. The lowest BCUT2D eigenvalue weighted by Gasteiger charge is -2.30. The number of amides is 2. The summed E-state index contributed by atoms with van der Waals surface area (Å²) in [6, 6.07) is -1.79. The smallest absolute Gasteiger partial charge is 0.475 e. The first-order valence-corrected chi connectivity index (χ1v) is 7.92. The summed E-state index contributed by atoms with van der Waals surface area (Å²) in [7, 11) is 1.49. The van der Waals surface area contributed by atoms with Gasteiger partial charge in [0.1, 0.15) is 18.7 Å². The molecule has 0 aromatic rings. The maximum Gasteiger partial charge on any atom is 0.490 e. The normalized spacial score (nSPS) is 13.1. The van der Waals surface area contributed by atoms with Crippen molar-refractivity contribution in [1.29, 1.82) is 0 Å². The Morgan fingerprint density at radius 3 is 2.00 bits per heavy atom. The Labute approximate surface area is 160 Å². The molecule has 0 aliphatic carbocycles. The Hall–Kier alpha value is -2.63. The molecule has 12 heteroatoms. The van der Waals surface area contributed by atoms with E-state index in [1.165, 1.54) is 13.1 Å². The Morgan fingerprint density at radius 1 is 1.21 bits per heavy atom. The Kier molecular flexibility index (Phi) is 11.8. The number of ether oxygens (including phenoxy) is 1. The molecule has 0 saturated heterocycles. The first kappa shape index (κ1) is 27.6.